The molecule has 0 amide bonds. The highest BCUT2D eigenvalue weighted by atomic mass is 19.1. The van der Waals surface area contributed by atoms with Crippen LogP contribution < -0.4 is 10.7 Å². The molecule has 2 heterocycles. The van der Waals surface area contributed by atoms with Crippen LogP contribution in [0.1, 0.15) is 0 Å². The number of pyridine rings is 1. The molecule has 0 bridgehead atoms. The molecule has 3 aromatic rings. The van der Waals surface area contributed by atoms with Gasteiger partial charge in [-0.1, -0.05) is 5.16 Å². The van der Waals surface area contributed by atoms with E-state index in [1.165, 1.54) is 12.3 Å². The first-order chi connectivity index (χ1) is 9.76. The van der Waals surface area contributed by atoms with Crippen LogP contribution in [0, 0.1) is 5.95 Å². The summed E-state index contributed by atoms with van der Waals surface area (Å²) < 4.78 is 18.1. The number of hydrogen-bond acceptors (Lipinski definition) is 6. The summed E-state index contributed by atoms with van der Waals surface area (Å²) >= 11 is 0. The third kappa shape index (κ3) is 2.34. The fourth-order valence-corrected chi connectivity index (χ4v) is 1.68. The molecule has 0 fully saturated rings. The standard InChI is InChI=1S/C13H9FN4O2/c14-11-7-9(5-6-16-11)13-17-12(18-20-13)8-1-3-10(19-15)4-2-8/h1-7H,15H2. The molecule has 100 valence electrons. The lowest BCUT2D eigenvalue weighted by atomic mass is 10.2. The summed E-state index contributed by atoms with van der Waals surface area (Å²) in [6.07, 6.45) is 1.34. The summed E-state index contributed by atoms with van der Waals surface area (Å²) in [5.74, 6) is 5.57. The van der Waals surface area contributed by atoms with E-state index in [1.807, 2.05) is 0 Å². The SMILES string of the molecule is NOc1ccc(-c2noc(-c3ccnc(F)c3)n2)cc1. The van der Waals surface area contributed by atoms with Gasteiger partial charge in [-0.25, -0.2) is 4.98 Å². The summed E-state index contributed by atoms with van der Waals surface area (Å²) in [5, 5.41) is 3.85. The summed E-state index contributed by atoms with van der Waals surface area (Å²) in [6, 6.07) is 9.65. The second-order valence-corrected chi connectivity index (χ2v) is 3.93. The van der Waals surface area contributed by atoms with Gasteiger partial charge >= 0.3 is 0 Å². The Kier molecular flexibility index (Phi) is 3.10. The zero-order chi connectivity index (χ0) is 13.9. The van der Waals surface area contributed by atoms with E-state index >= 15 is 0 Å². The fourth-order valence-electron chi connectivity index (χ4n) is 1.68. The highest BCUT2D eigenvalue weighted by molar-refractivity contribution is 5.60. The molecule has 0 saturated heterocycles. The molecule has 0 aliphatic heterocycles. The van der Waals surface area contributed by atoms with Crippen molar-refractivity contribution in [1.82, 2.24) is 15.1 Å². The van der Waals surface area contributed by atoms with E-state index in [2.05, 4.69) is 20.0 Å². The second-order valence-electron chi connectivity index (χ2n) is 3.93. The van der Waals surface area contributed by atoms with Gasteiger partial charge in [0.2, 0.25) is 11.8 Å². The third-order valence-electron chi connectivity index (χ3n) is 2.65. The third-order valence-corrected chi connectivity index (χ3v) is 2.65. The van der Waals surface area contributed by atoms with Crippen molar-refractivity contribution in [2.75, 3.05) is 0 Å². The maximum Gasteiger partial charge on any atom is 0.258 e. The minimum absolute atomic E-state index is 0.223. The smallest absolute Gasteiger partial charge is 0.258 e. The molecule has 0 aliphatic rings. The first-order valence-corrected chi connectivity index (χ1v) is 5.69. The van der Waals surface area contributed by atoms with Crippen LogP contribution in [0.15, 0.2) is 47.1 Å². The van der Waals surface area contributed by atoms with Crippen molar-refractivity contribution in [3.63, 3.8) is 0 Å². The minimum atomic E-state index is -0.605. The van der Waals surface area contributed by atoms with Gasteiger partial charge in [0, 0.05) is 23.4 Å². The van der Waals surface area contributed by atoms with Gasteiger partial charge in [-0.2, -0.15) is 15.3 Å². The molecule has 1 aromatic carbocycles. The van der Waals surface area contributed by atoms with E-state index in [4.69, 9.17) is 10.4 Å². The Morgan fingerprint density at radius 2 is 1.90 bits per heavy atom. The fraction of sp³-hybridized carbons (Fsp3) is 0. The minimum Gasteiger partial charge on any atom is -0.412 e. The van der Waals surface area contributed by atoms with E-state index < -0.39 is 5.95 Å². The van der Waals surface area contributed by atoms with Crippen molar-refractivity contribution in [3.05, 3.63) is 48.5 Å². The van der Waals surface area contributed by atoms with Crippen LogP contribution in [0.25, 0.3) is 22.8 Å². The van der Waals surface area contributed by atoms with Crippen LogP contribution >= 0.6 is 0 Å². The maximum absolute atomic E-state index is 13.0. The van der Waals surface area contributed by atoms with E-state index in [9.17, 15) is 4.39 Å². The number of halogens is 1. The summed E-state index contributed by atoms with van der Waals surface area (Å²) in [5.41, 5.74) is 1.20. The van der Waals surface area contributed by atoms with Gasteiger partial charge in [-0.05, 0) is 30.3 Å². The summed E-state index contributed by atoms with van der Waals surface area (Å²) in [7, 11) is 0. The Morgan fingerprint density at radius 3 is 2.60 bits per heavy atom. The van der Waals surface area contributed by atoms with Crippen molar-refractivity contribution < 1.29 is 13.8 Å². The van der Waals surface area contributed by atoms with Crippen LogP contribution in [0.5, 0.6) is 5.75 Å². The van der Waals surface area contributed by atoms with E-state index in [0.29, 0.717) is 17.1 Å². The molecule has 0 atom stereocenters. The largest absolute Gasteiger partial charge is 0.412 e. The number of benzene rings is 1. The number of hydrogen-bond donors (Lipinski definition) is 1. The molecule has 7 heteroatoms. The van der Waals surface area contributed by atoms with Crippen LogP contribution in [0.4, 0.5) is 4.39 Å². The molecule has 2 aromatic heterocycles. The van der Waals surface area contributed by atoms with Gasteiger partial charge in [0.15, 0.2) is 0 Å². The van der Waals surface area contributed by atoms with E-state index in [1.54, 1.807) is 30.3 Å². The molecule has 0 saturated carbocycles. The highest BCUT2D eigenvalue weighted by Crippen LogP contribution is 2.23. The average Bonchev–Trinajstić information content (AvgIpc) is 2.97. The highest BCUT2D eigenvalue weighted by Gasteiger charge is 2.11. The van der Waals surface area contributed by atoms with Crippen molar-refractivity contribution >= 4 is 0 Å². The Labute approximate surface area is 113 Å². The van der Waals surface area contributed by atoms with E-state index in [0.717, 1.165) is 5.56 Å². The molecule has 0 unspecified atom stereocenters. The monoisotopic (exact) mass is 272 g/mol. The van der Waals surface area contributed by atoms with Crippen LogP contribution in [-0.2, 0) is 0 Å². The van der Waals surface area contributed by atoms with Gasteiger partial charge in [-0.3, -0.25) is 0 Å². The Morgan fingerprint density at radius 1 is 1.10 bits per heavy atom. The van der Waals surface area contributed by atoms with Crippen LogP contribution in [0.2, 0.25) is 0 Å². The predicted molar refractivity (Wildman–Crippen MR) is 67.7 cm³/mol. The topological polar surface area (TPSA) is 87.1 Å². The second kappa shape index (κ2) is 5.06. The first-order valence-electron chi connectivity index (χ1n) is 5.69. The number of rotatable bonds is 3. The molecule has 0 aliphatic carbocycles. The molecule has 0 radical (unpaired) electrons. The van der Waals surface area contributed by atoms with Crippen molar-refractivity contribution in [3.8, 4) is 28.6 Å². The maximum atomic E-state index is 13.0. The van der Waals surface area contributed by atoms with Gasteiger partial charge in [0.25, 0.3) is 5.89 Å². The number of nitrogens with zero attached hydrogens (tertiary/aromatic N) is 3. The molecule has 20 heavy (non-hydrogen) atoms. The number of aromatic nitrogens is 3. The van der Waals surface area contributed by atoms with Gasteiger partial charge < -0.3 is 9.36 Å². The van der Waals surface area contributed by atoms with Crippen LogP contribution in [-0.4, -0.2) is 15.1 Å². The Bertz CT molecular complexity index is 727. The predicted octanol–water partition coefficient (Wildman–Crippen LogP) is 2.19. The Hall–Kier alpha value is -2.80. The quantitative estimate of drug-likeness (QED) is 0.581. The Balaban J connectivity index is 1.93. The molecular formula is C13H9FN4O2. The molecular weight excluding hydrogens is 263 g/mol. The van der Waals surface area contributed by atoms with Crippen molar-refractivity contribution in [1.29, 1.82) is 0 Å². The van der Waals surface area contributed by atoms with E-state index in [-0.39, 0.29) is 5.89 Å². The lowest BCUT2D eigenvalue weighted by molar-refractivity contribution is 0.334. The first kappa shape index (κ1) is 12.2. The zero-order valence-corrected chi connectivity index (χ0v) is 10.2. The lowest BCUT2D eigenvalue weighted by Crippen LogP contribution is -2.01. The van der Waals surface area contributed by atoms with Crippen molar-refractivity contribution in [2.45, 2.75) is 0 Å². The van der Waals surface area contributed by atoms with Crippen molar-refractivity contribution in [2.24, 2.45) is 5.90 Å². The number of nitrogens with two attached hydrogens (primary N) is 1. The lowest BCUT2D eigenvalue weighted by Gasteiger charge is -1.98. The normalized spacial score (nSPS) is 10.5. The van der Waals surface area contributed by atoms with Gasteiger partial charge in [0.1, 0.15) is 5.75 Å². The summed E-state index contributed by atoms with van der Waals surface area (Å²) in [4.78, 5) is 12.3. The molecule has 3 rings (SSSR count). The average molecular weight is 272 g/mol. The van der Waals surface area contributed by atoms with Gasteiger partial charge in [0.05, 0.1) is 0 Å². The molecule has 0 spiro atoms. The molecule has 2 N–H and O–H groups in total. The van der Waals surface area contributed by atoms with Crippen LogP contribution in [0.3, 0.4) is 0 Å². The molecule has 6 nitrogen and oxygen atoms in total. The summed E-state index contributed by atoms with van der Waals surface area (Å²) in [6.45, 7) is 0. The zero-order valence-electron chi connectivity index (χ0n) is 10.2. The van der Waals surface area contributed by atoms with Gasteiger partial charge in [-0.15, -0.1) is 0 Å².